The Morgan fingerprint density at radius 3 is 2.40 bits per heavy atom. The van der Waals surface area contributed by atoms with E-state index in [9.17, 15) is 8.42 Å². The standard InChI is InChI=1S/C10H22N2O2S/c1-9(2)15(13,14)7-6-12-8-10(11)4-3-5-10/h9,12H,3-8,11H2,1-2H3. The summed E-state index contributed by atoms with van der Waals surface area (Å²) in [4.78, 5) is 0. The Hall–Kier alpha value is -0.130. The first-order chi connectivity index (χ1) is 6.86. The molecule has 90 valence electrons. The van der Waals surface area contributed by atoms with E-state index in [1.807, 2.05) is 0 Å². The molecule has 1 fully saturated rings. The molecule has 0 amide bonds. The molecule has 4 nitrogen and oxygen atoms in total. The van der Waals surface area contributed by atoms with Gasteiger partial charge in [-0.05, 0) is 33.1 Å². The van der Waals surface area contributed by atoms with Crippen LogP contribution in [0.1, 0.15) is 33.1 Å². The second-order valence-corrected chi connectivity index (χ2v) is 7.49. The van der Waals surface area contributed by atoms with Gasteiger partial charge in [0.05, 0.1) is 11.0 Å². The zero-order valence-electron chi connectivity index (χ0n) is 9.62. The van der Waals surface area contributed by atoms with Gasteiger partial charge in [0, 0.05) is 18.6 Å². The minimum atomic E-state index is -2.91. The molecule has 0 unspecified atom stereocenters. The molecule has 0 spiro atoms. The van der Waals surface area contributed by atoms with Gasteiger partial charge in [0.1, 0.15) is 0 Å². The highest BCUT2D eigenvalue weighted by atomic mass is 32.2. The normalized spacial score (nSPS) is 20.3. The van der Waals surface area contributed by atoms with Gasteiger partial charge >= 0.3 is 0 Å². The minimum Gasteiger partial charge on any atom is -0.324 e. The quantitative estimate of drug-likeness (QED) is 0.648. The van der Waals surface area contributed by atoms with Crippen LogP contribution in [-0.4, -0.2) is 38.0 Å². The zero-order valence-corrected chi connectivity index (χ0v) is 10.4. The van der Waals surface area contributed by atoms with Gasteiger partial charge in [-0.25, -0.2) is 8.42 Å². The molecule has 0 heterocycles. The van der Waals surface area contributed by atoms with Crippen LogP contribution in [0.25, 0.3) is 0 Å². The van der Waals surface area contributed by atoms with E-state index in [2.05, 4.69) is 5.32 Å². The van der Waals surface area contributed by atoms with Crippen LogP contribution in [0.3, 0.4) is 0 Å². The average Bonchev–Trinajstić information content (AvgIpc) is 2.09. The number of nitrogens with two attached hydrogens (primary N) is 1. The van der Waals surface area contributed by atoms with E-state index in [0.717, 1.165) is 19.4 Å². The molecule has 1 aliphatic rings. The molecule has 5 heteroatoms. The zero-order chi connectivity index (χ0) is 11.5. The van der Waals surface area contributed by atoms with E-state index >= 15 is 0 Å². The Morgan fingerprint density at radius 1 is 1.40 bits per heavy atom. The van der Waals surface area contributed by atoms with E-state index in [1.165, 1.54) is 6.42 Å². The van der Waals surface area contributed by atoms with E-state index in [4.69, 9.17) is 5.73 Å². The predicted molar refractivity (Wildman–Crippen MR) is 62.6 cm³/mol. The fraction of sp³-hybridized carbons (Fsp3) is 1.00. The van der Waals surface area contributed by atoms with Crippen LogP contribution in [0, 0.1) is 0 Å². The first kappa shape index (κ1) is 12.9. The first-order valence-corrected chi connectivity index (χ1v) is 7.28. The van der Waals surface area contributed by atoms with Crippen molar-refractivity contribution in [1.82, 2.24) is 5.32 Å². The van der Waals surface area contributed by atoms with Crippen molar-refractivity contribution >= 4 is 9.84 Å². The van der Waals surface area contributed by atoms with Crippen LogP contribution in [0.4, 0.5) is 0 Å². The third-order valence-electron chi connectivity index (χ3n) is 3.11. The maximum absolute atomic E-state index is 11.5. The second kappa shape index (κ2) is 4.80. The summed E-state index contributed by atoms with van der Waals surface area (Å²) in [7, 11) is -2.91. The van der Waals surface area contributed by atoms with Crippen LogP contribution in [0.5, 0.6) is 0 Å². The van der Waals surface area contributed by atoms with Crippen molar-refractivity contribution in [1.29, 1.82) is 0 Å². The van der Waals surface area contributed by atoms with Gasteiger partial charge in [-0.1, -0.05) is 0 Å². The predicted octanol–water partition coefficient (Wildman–Crippen LogP) is 0.281. The Labute approximate surface area is 92.5 Å². The van der Waals surface area contributed by atoms with Crippen molar-refractivity contribution in [3.05, 3.63) is 0 Å². The third-order valence-corrected chi connectivity index (χ3v) is 5.32. The van der Waals surface area contributed by atoms with E-state index in [-0.39, 0.29) is 16.5 Å². The molecule has 0 aliphatic heterocycles. The second-order valence-electron chi connectivity index (χ2n) is 4.81. The van der Waals surface area contributed by atoms with Gasteiger partial charge in [-0.2, -0.15) is 0 Å². The van der Waals surface area contributed by atoms with Crippen molar-refractivity contribution in [2.75, 3.05) is 18.8 Å². The molecule has 0 atom stereocenters. The molecule has 1 saturated carbocycles. The summed E-state index contributed by atoms with van der Waals surface area (Å²) >= 11 is 0. The van der Waals surface area contributed by atoms with Gasteiger partial charge in [0.25, 0.3) is 0 Å². The van der Waals surface area contributed by atoms with Crippen LogP contribution < -0.4 is 11.1 Å². The lowest BCUT2D eigenvalue weighted by Crippen LogP contribution is -2.54. The molecule has 0 aromatic carbocycles. The van der Waals surface area contributed by atoms with Gasteiger partial charge in [-0.3, -0.25) is 0 Å². The van der Waals surface area contributed by atoms with Crippen molar-refractivity contribution in [3.63, 3.8) is 0 Å². The maximum atomic E-state index is 11.5. The van der Waals surface area contributed by atoms with Gasteiger partial charge in [-0.15, -0.1) is 0 Å². The largest absolute Gasteiger partial charge is 0.324 e. The lowest BCUT2D eigenvalue weighted by atomic mass is 9.78. The topological polar surface area (TPSA) is 72.2 Å². The average molecular weight is 234 g/mol. The highest BCUT2D eigenvalue weighted by Crippen LogP contribution is 2.27. The van der Waals surface area contributed by atoms with E-state index in [0.29, 0.717) is 6.54 Å². The number of hydrogen-bond donors (Lipinski definition) is 2. The molecule has 3 N–H and O–H groups in total. The summed E-state index contributed by atoms with van der Waals surface area (Å²) in [6, 6.07) is 0. The van der Waals surface area contributed by atoms with E-state index < -0.39 is 9.84 Å². The smallest absolute Gasteiger partial charge is 0.153 e. The molecule has 1 aliphatic carbocycles. The van der Waals surface area contributed by atoms with Crippen LogP contribution in [0.2, 0.25) is 0 Å². The number of sulfone groups is 1. The van der Waals surface area contributed by atoms with Gasteiger partial charge in [0.15, 0.2) is 9.84 Å². The molecule has 15 heavy (non-hydrogen) atoms. The Morgan fingerprint density at radius 2 is 2.00 bits per heavy atom. The highest BCUT2D eigenvalue weighted by molar-refractivity contribution is 7.92. The third kappa shape index (κ3) is 3.74. The Kier molecular flexibility index (Phi) is 4.14. The maximum Gasteiger partial charge on any atom is 0.153 e. The van der Waals surface area contributed by atoms with Gasteiger partial charge in [0.2, 0.25) is 0 Å². The summed E-state index contributed by atoms with van der Waals surface area (Å²) in [5.41, 5.74) is 5.93. The van der Waals surface area contributed by atoms with Crippen LogP contribution >= 0.6 is 0 Å². The molecular formula is C10H22N2O2S. The summed E-state index contributed by atoms with van der Waals surface area (Å²) in [6.07, 6.45) is 3.30. The van der Waals surface area contributed by atoms with Crippen molar-refractivity contribution in [3.8, 4) is 0 Å². The van der Waals surface area contributed by atoms with Gasteiger partial charge < -0.3 is 11.1 Å². The molecule has 1 rings (SSSR count). The molecule has 0 aromatic rings. The molecule has 0 saturated heterocycles. The molecule has 0 aromatic heterocycles. The fourth-order valence-electron chi connectivity index (χ4n) is 1.60. The van der Waals surface area contributed by atoms with E-state index in [1.54, 1.807) is 13.8 Å². The Bertz CT molecular complexity index is 295. The fourth-order valence-corrected chi connectivity index (χ4v) is 2.50. The number of nitrogens with one attached hydrogen (secondary N) is 1. The van der Waals surface area contributed by atoms with Crippen molar-refractivity contribution < 1.29 is 8.42 Å². The number of hydrogen-bond acceptors (Lipinski definition) is 4. The molecular weight excluding hydrogens is 212 g/mol. The van der Waals surface area contributed by atoms with Crippen LogP contribution in [0.15, 0.2) is 0 Å². The summed E-state index contributed by atoms with van der Waals surface area (Å²) < 4.78 is 22.9. The van der Waals surface area contributed by atoms with Crippen molar-refractivity contribution in [2.24, 2.45) is 5.73 Å². The summed E-state index contributed by atoms with van der Waals surface area (Å²) in [5, 5.41) is 2.85. The summed E-state index contributed by atoms with van der Waals surface area (Å²) in [5.74, 6) is 0.209. The SMILES string of the molecule is CC(C)S(=O)(=O)CCNCC1(N)CCC1. The lowest BCUT2D eigenvalue weighted by molar-refractivity contribution is 0.241. The van der Waals surface area contributed by atoms with Crippen molar-refractivity contribution in [2.45, 2.75) is 43.9 Å². The number of rotatable bonds is 6. The highest BCUT2D eigenvalue weighted by Gasteiger charge is 2.31. The first-order valence-electron chi connectivity index (χ1n) is 5.57. The Balaban J connectivity index is 2.17. The summed E-state index contributed by atoms with van der Waals surface area (Å²) in [6.45, 7) is 4.68. The minimum absolute atomic E-state index is 0.0679. The molecule has 0 radical (unpaired) electrons. The lowest BCUT2D eigenvalue weighted by Gasteiger charge is -2.38. The monoisotopic (exact) mass is 234 g/mol. The molecule has 0 bridgehead atoms. The van der Waals surface area contributed by atoms with Crippen LogP contribution in [-0.2, 0) is 9.84 Å².